The molecule has 10 heteroatoms. The van der Waals surface area contributed by atoms with Crippen molar-refractivity contribution in [1.29, 1.82) is 0 Å². The average Bonchev–Trinajstić information content (AvgIpc) is 3.26. The van der Waals surface area contributed by atoms with Crippen LogP contribution >= 0.6 is 0 Å². The molecular weight excluding hydrogens is 459 g/mol. The molecule has 0 aromatic carbocycles. The summed E-state index contributed by atoms with van der Waals surface area (Å²) in [6, 6.07) is 4.95. The zero-order valence-corrected chi connectivity index (χ0v) is 19.2. The number of carbonyl (C=O) groups excluding carboxylic acids is 1. The number of nitrogens with one attached hydrogen (secondary N) is 1. The summed E-state index contributed by atoms with van der Waals surface area (Å²) in [5, 5.41) is 0. The number of pyridine rings is 2. The Balaban J connectivity index is 1.34. The molecule has 3 aromatic heterocycles. The molecule has 3 aromatic rings. The second-order valence-corrected chi connectivity index (χ2v) is 9.72. The normalized spacial score (nSPS) is 22.0. The summed E-state index contributed by atoms with van der Waals surface area (Å²) in [4.78, 5) is 31.6. The van der Waals surface area contributed by atoms with Crippen LogP contribution < -0.4 is 4.90 Å². The van der Waals surface area contributed by atoms with Gasteiger partial charge >= 0.3 is 6.18 Å². The van der Waals surface area contributed by atoms with Crippen LogP contribution in [0.2, 0.25) is 0 Å². The number of fused-ring (bicyclic) bond motifs is 2. The summed E-state index contributed by atoms with van der Waals surface area (Å²) in [6.45, 7) is 1.27. The molecule has 0 spiro atoms. The molecule has 7 nitrogen and oxygen atoms in total. The molecule has 6 rings (SSSR count). The van der Waals surface area contributed by atoms with Gasteiger partial charge in [0, 0.05) is 19.3 Å². The van der Waals surface area contributed by atoms with Crippen molar-refractivity contribution in [2.24, 2.45) is 0 Å². The number of aromatic nitrogens is 4. The summed E-state index contributed by atoms with van der Waals surface area (Å²) in [5.74, 6) is 0.597. The quantitative estimate of drug-likeness (QED) is 0.582. The molecule has 35 heavy (non-hydrogen) atoms. The van der Waals surface area contributed by atoms with Gasteiger partial charge in [-0.3, -0.25) is 9.78 Å². The van der Waals surface area contributed by atoms with E-state index in [1.54, 1.807) is 0 Å². The monoisotopic (exact) mass is 485 g/mol. The molecule has 0 unspecified atom stereocenters. The largest absolute Gasteiger partial charge is 0.417 e. The molecule has 3 aliphatic rings. The Hall–Kier alpha value is -3.01. The Labute approximate surface area is 200 Å². The smallest absolute Gasteiger partial charge is 0.368 e. The van der Waals surface area contributed by atoms with Gasteiger partial charge in [-0.2, -0.15) is 13.2 Å². The fourth-order valence-corrected chi connectivity index (χ4v) is 5.48. The number of halogens is 3. The first kappa shape index (κ1) is 22.5. The average molecular weight is 486 g/mol. The van der Waals surface area contributed by atoms with E-state index in [0.29, 0.717) is 19.0 Å². The fraction of sp³-hybridized carbons (Fsp3) is 0.520. The zero-order chi connectivity index (χ0) is 24.2. The maximum atomic E-state index is 13.2. The highest BCUT2D eigenvalue weighted by atomic mass is 19.4. The van der Waals surface area contributed by atoms with Gasteiger partial charge in [0.15, 0.2) is 5.65 Å². The molecule has 1 amide bonds. The minimum atomic E-state index is -4.47. The van der Waals surface area contributed by atoms with Crippen LogP contribution in [0.1, 0.15) is 67.7 Å². The molecule has 2 aliphatic heterocycles. The van der Waals surface area contributed by atoms with Crippen molar-refractivity contribution in [2.75, 3.05) is 18.1 Å². The van der Waals surface area contributed by atoms with E-state index in [2.05, 4.69) is 15.0 Å². The van der Waals surface area contributed by atoms with E-state index in [9.17, 15) is 18.0 Å². The Bertz CT molecular complexity index is 1280. The molecule has 0 radical (unpaired) electrons. The number of imidazole rings is 1. The Morgan fingerprint density at radius 1 is 1.14 bits per heavy atom. The number of hydrogen-bond donors (Lipinski definition) is 1. The number of amides is 1. The van der Waals surface area contributed by atoms with Gasteiger partial charge in [-0.25, -0.2) is 9.97 Å². The summed E-state index contributed by atoms with van der Waals surface area (Å²) >= 11 is 0. The first-order valence-corrected chi connectivity index (χ1v) is 12.2. The van der Waals surface area contributed by atoms with Crippen molar-refractivity contribution in [1.82, 2.24) is 19.9 Å². The summed E-state index contributed by atoms with van der Waals surface area (Å²) < 4.78 is 45.2. The first-order chi connectivity index (χ1) is 16.8. The van der Waals surface area contributed by atoms with Crippen LogP contribution in [-0.2, 0) is 27.5 Å². The molecule has 1 atom stereocenters. The van der Waals surface area contributed by atoms with E-state index in [1.807, 2.05) is 17.0 Å². The van der Waals surface area contributed by atoms with Crippen molar-refractivity contribution in [3.05, 3.63) is 47.2 Å². The van der Waals surface area contributed by atoms with Crippen molar-refractivity contribution in [3.63, 3.8) is 0 Å². The number of anilines is 1. The van der Waals surface area contributed by atoms with Gasteiger partial charge in [-0.05, 0) is 63.1 Å². The Morgan fingerprint density at radius 3 is 2.71 bits per heavy atom. The molecule has 1 saturated heterocycles. The van der Waals surface area contributed by atoms with Crippen LogP contribution in [0.5, 0.6) is 0 Å². The maximum Gasteiger partial charge on any atom is 0.417 e. The number of aryl methyl sites for hydroxylation is 1. The predicted octanol–water partition coefficient (Wildman–Crippen LogP) is 4.69. The summed E-state index contributed by atoms with van der Waals surface area (Å²) in [7, 11) is 0. The van der Waals surface area contributed by atoms with Gasteiger partial charge in [0.05, 0.1) is 33.6 Å². The minimum absolute atomic E-state index is 0.00221. The van der Waals surface area contributed by atoms with Gasteiger partial charge in [0.2, 0.25) is 0 Å². The highest BCUT2D eigenvalue weighted by Gasteiger charge is 2.45. The number of carbonyl (C=O) groups is 1. The standard InChI is InChI=1S/C25H26F3N5O2/c26-25(27,28)15-13-17-21(29-14-15)32-23(31-17)24(9-4-10-24)20-8-7-18-16(30-20)5-3-11-33(18)22(34)19-6-1-2-12-35-19/h7-8,13-14,19H,1-6,9-12H2,(H,29,31,32)/t19-/m1/s1. The molecule has 1 saturated carbocycles. The second-order valence-electron chi connectivity index (χ2n) is 9.72. The third kappa shape index (κ3) is 3.78. The van der Waals surface area contributed by atoms with Crippen LogP contribution in [0.25, 0.3) is 11.2 Å². The molecule has 184 valence electrons. The van der Waals surface area contributed by atoms with Gasteiger partial charge in [0.25, 0.3) is 5.91 Å². The SMILES string of the molecule is O=C([C@H]1CCCCO1)N1CCCc2nc(C3(c4nc5ncc(C(F)(F)F)cc5[nH]4)CCC3)ccc21. The van der Waals surface area contributed by atoms with Crippen molar-refractivity contribution in [2.45, 2.75) is 69.1 Å². The Morgan fingerprint density at radius 2 is 2.00 bits per heavy atom. The van der Waals surface area contributed by atoms with E-state index in [1.165, 1.54) is 0 Å². The van der Waals surface area contributed by atoms with E-state index >= 15 is 0 Å². The number of rotatable bonds is 3. The highest BCUT2D eigenvalue weighted by Crippen LogP contribution is 2.48. The van der Waals surface area contributed by atoms with Crippen LogP contribution in [0.3, 0.4) is 0 Å². The number of H-pyrrole nitrogens is 1. The zero-order valence-electron chi connectivity index (χ0n) is 19.2. The van der Waals surface area contributed by atoms with Crippen molar-refractivity contribution >= 4 is 22.8 Å². The minimum Gasteiger partial charge on any atom is -0.368 e. The number of alkyl halides is 3. The second kappa shape index (κ2) is 8.29. The lowest BCUT2D eigenvalue weighted by Crippen LogP contribution is -2.45. The van der Waals surface area contributed by atoms with Crippen molar-refractivity contribution < 1.29 is 22.7 Å². The maximum absolute atomic E-state index is 13.2. The molecule has 2 fully saturated rings. The van der Waals surface area contributed by atoms with Crippen LogP contribution in [0.15, 0.2) is 24.4 Å². The third-order valence-corrected chi connectivity index (χ3v) is 7.57. The number of hydrogen-bond acceptors (Lipinski definition) is 5. The third-order valence-electron chi connectivity index (χ3n) is 7.57. The number of ether oxygens (including phenoxy) is 1. The van der Waals surface area contributed by atoms with Gasteiger partial charge in [-0.1, -0.05) is 6.42 Å². The number of aromatic amines is 1. The Kier molecular flexibility index (Phi) is 5.32. The molecule has 1 N–H and O–H groups in total. The van der Waals surface area contributed by atoms with Crippen LogP contribution in [0.4, 0.5) is 18.9 Å². The van der Waals surface area contributed by atoms with Gasteiger partial charge in [-0.15, -0.1) is 0 Å². The molecule has 0 bridgehead atoms. The lowest BCUT2D eigenvalue weighted by atomic mass is 9.65. The molecule has 1 aliphatic carbocycles. The highest BCUT2D eigenvalue weighted by molar-refractivity contribution is 5.97. The number of nitrogens with zero attached hydrogens (tertiary/aromatic N) is 4. The van der Waals surface area contributed by atoms with E-state index in [-0.39, 0.29) is 17.1 Å². The lowest BCUT2D eigenvalue weighted by Gasteiger charge is -2.40. The van der Waals surface area contributed by atoms with Gasteiger partial charge in [0.1, 0.15) is 11.9 Å². The van der Waals surface area contributed by atoms with Crippen LogP contribution in [-0.4, -0.2) is 45.1 Å². The van der Waals surface area contributed by atoms with Crippen LogP contribution in [0, 0.1) is 0 Å². The first-order valence-electron chi connectivity index (χ1n) is 12.2. The fourth-order valence-electron chi connectivity index (χ4n) is 5.48. The summed E-state index contributed by atoms with van der Waals surface area (Å²) in [6.07, 6.45) is 2.84. The molecular formula is C25H26F3N5O2. The molecule has 5 heterocycles. The topological polar surface area (TPSA) is 84.0 Å². The van der Waals surface area contributed by atoms with E-state index in [0.717, 1.165) is 80.7 Å². The predicted molar refractivity (Wildman–Crippen MR) is 122 cm³/mol. The van der Waals surface area contributed by atoms with Crippen molar-refractivity contribution in [3.8, 4) is 0 Å². The van der Waals surface area contributed by atoms with E-state index < -0.39 is 23.3 Å². The summed E-state index contributed by atoms with van der Waals surface area (Å²) in [5.41, 5.74) is 1.77. The van der Waals surface area contributed by atoms with Gasteiger partial charge < -0.3 is 14.6 Å². The van der Waals surface area contributed by atoms with E-state index in [4.69, 9.17) is 9.72 Å². The lowest BCUT2D eigenvalue weighted by molar-refractivity contribution is -0.137.